The summed E-state index contributed by atoms with van der Waals surface area (Å²) in [7, 11) is -9.05. The van der Waals surface area contributed by atoms with E-state index >= 15 is 0 Å². The van der Waals surface area contributed by atoms with E-state index < -0.39 is 122 Å². The van der Waals surface area contributed by atoms with E-state index in [1.807, 2.05) is 12.1 Å². The number of hydrogen-bond donors (Lipinski definition) is 6. The van der Waals surface area contributed by atoms with Crippen molar-refractivity contribution < 1.29 is 132 Å². The van der Waals surface area contributed by atoms with Gasteiger partial charge in [-0.05, 0) is 61.4 Å². The van der Waals surface area contributed by atoms with Gasteiger partial charge in [0.15, 0.2) is 0 Å². The van der Waals surface area contributed by atoms with Crippen molar-refractivity contribution in [3.63, 3.8) is 0 Å². The number of anilines is 2. The number of nitrogens with two attached hydrogens (primary N) is 1. The third-order valence-corrected chi connectivity index (χ3v) is 20.3. The van der Waals surface area contributed by atoms with Crippen LogP contribution in [0.4, 0.5) is 55.8 Å². The minimum absolute atomic E-state index is 0. The van der Waals surface area contributed by atoms with Gasteiger partial charge in [-0.3, -0.25) is 0 Å². The third-order valence-electron chi connectivity index (χ3n) is 14.9. The van der Waals surface area contributed by atoms with Gasteiger partial charge in [-0.2, -0.15) is 24.4 Å². The fourth-order valence-corrected chi connectivity index (χ4v) is 10.9. The van der Waals surface area contributed by atoms with Crippen molar-refractivity contribution in [2.24, 2.45) is 21.2 Å². The molecule has 0 spiro atoms. The van der Waals surface area contributed by atoms with Gasteiger partial charge in [0.05, 0.1) is 82.3 Å². The summed E-state index contributed by atoms with van der Waals surface area (Å²) < 4.78 is 236. The van der Waals surface area contributed by atoms with E-state index in [1.165, 1.54) is 89.1 Å². The van der Waals surface area contributed by atoms with E-state index in [1.54, 1.807) is 12.4 Å². The van der Waals surface area contributed by atoms with Crippen molar-refractivity contribution in [3.05, 3.63) is 225 Å². The minimum atomic E-state index is -3.56. The van der Waals surface area contributed by atoms with Crippen LogP contribution >= 0.6 is 10.7 Å². The van der Waals surface area contributed by atoms with Crippen molar-refractivity contribution in [1.29, 1.82) is 10.5 Å². The molecule has 49 heteroatoms. The van der Waals surface area contributed by atoms with Crippen molar-refractivity contribution in [2.45, 2.75) is 78.3 Å². The maximum absolute atomic E-state index is 14.3. The molecule has 115 heavy (non-hydrogen) atoms. The zero-order chi connectivity index (χ0) is 80.9. The van der Waals surface area contributed by atoms with Gasteiger partial charge in [0.1, 0.15) is 76.9 Å². The molecule has 9 aromatic rings. The molecule has 4 aromatic carbocycles. The standard InChI is InChI=1S/C18H17F4N5O3S.C17H18F2N6O2S.C15H15F2N5O2S.C13H11F2N5.C2H5ClO2S.CH4.2K.U.V/c1-2-31(28,29)25-9-10(13-4-3-12(19)6-14(13)20)5-15-23-7-11(8-24-15)17-26-27-18(30-17)16(21)22;1-2-28(26,27)23-9-11(14-4-3-13(18)6-15(14)19)5-17-20-7-12(8-21-17)16-10-22-25-24-16;1-2-25(23,24)21-9-14(12-4-3-11(16)5-13(12)17)22-15-19-7-10(6-18)8-20-15;14-9-1-2-10(11(15)3-9)12(5-17)20-13-18-6-8(4-16)7-19-13;1-2-6(3,4)5;;;;;/h3-4,6-8,10,16,25H,2,5,9H2,1H3;3-4,6-8,11,23H,2,5,9-10H2,1H3;3-5,7-8,14,21H,2,9H2,1H3,(H,19,20,22);1-3,6-7,12H,5,17H2,(H,18,19,20);2H2,1H3;1H4;;;;. The Bertz CT molecular complexity index is 5220. The van der Waals surface area contributed by atoms with Crippen molar-refractivity contribution in [3.8, 4) is 23.6 Å². The molecule has 10 rings (SSSR count). The van der Waals surface area contributed by atoms with Crippen LogP contribution in [-0.4, -0.2) is 248 Å². The first kappa shape index (κ1) is 107. The average Bonchev–Trinajstić information content (AvgIpc) is 1.61. The first-order chi connectivity index (χ1) is 52.1. The maximum Gasteiger partial charge on any atom is 0.314 e. The molecule has 0 bridgehead atoms. The Kier molecular flexibility index (Phi) is 48.9. The zero-order valence-electron chi connectivity index (χ0n) is 60.9. The van der Waals surface area contributed by atoms with Gasteiger partial charge >= 0.3 is 6.43 Å². The van der Waals surface area contributed by atoms with Gasteiger partial charge in [0.25, 0.3) is 11.8 Å². The second-order valence-corrected chi connectivity index (χ2v) is 31.8. The number of nitrogens with zero attached hydrogens (tertiary/aromatic N) is 15. The minimum Gasteiger partial charge on any atom is -0.415 e. The number of benzene rings is 4. The van der Waals surface area contributed by atoms with E-state index in [9.17, 15) is 77.6 Å². The Balaban J connectivity index is 0.000000744. The third kappa shape index (κ3) is 36.8. The average molecular weight is 2020 g/mol. The summed E-state index contributed by atoms with van der Waals surface area (Å²) in [5.74, 6) is -7.87. The first-order valence-corrected chi connectivity index (χ1v) is 39.5. The number of aromatic nitrogens is 10. The van der Waals surface area contributed by atoms with Crippen LogP contribution in [0.15, 0.2) is 142 Å². The second-order valence-electron chi connectivity index (χ2n) is 22.5. The quantitative estimate of drug-likeness (QED) is 0.0144. The molecule has 0 saturated carbocycles. The Morgan fingerprint density at radius 3 is 1.17 bits per heavy atom. The Labute approximate surface area is 781 Å². The molecule has 0 fully saturated rings. The number of nitriles is 2. The van der Waals surface area contributed by atoms with Gasteiger partial charge < -0.3 is 20.8 Å². The Morgan fingerprint density at radius 2 is 0.861 bits per heavy atom. The molecule has 0 saturated heterocycles. The van der Waals surface area contributed by atoms with E-state index in [2.05, 4.69) is 101 Å². The fourth-order valence-electron chi connectivity index (χ4n) is 8.95. The van der Waals surface area contributed by atoms with Gasteiger partial charge in [0, 0.05) is 280 Å². The molecule has 7 N–H and O–H groups in total. The summed E-state index contributed by atoms with van der Waals surface area (Å²) in [5, 5.41) is 40.9. The van der Waals surface area contributed by atoms with Crippen molar-refractivity contribution in [2.75, 3.05) is 66.4 Å². The molecule has 3 radical (unpaired) electrons. The van der Waals surface area contributed by atoms with Crippen LogP contribution in [0.1, 0.15) is 122 Å². The van der Waals surface area contributed by atoms with E-state index in [0.29, 0.717) is 41.3 Å². The second kappa shape index (κ2) is 52.4. The Hall–Kier alpha value is -5.67. The van der Waals surface area contributed by atoms with Crippen molar-refractivity contribution in [1.82, 2.24) is 64.2 Å². The summed E-state index contributed by atoms with van der Waals surface area (Å²) in [4.78, 5) is 32.3. The number of rotatable bonds is 29. The molecule has 1 aliphatic rings. The smallest absolute Gasteiger partial charge is 0.314 e. The predicted octanol–water partition coefficient (Wildman–Crippen LogP) is 9.10. The monoisotopic (exact) mass is 2020 g/mol. The molecule has 0 aliphatic carbocycles. The fraction of sp³-hybridized carbons (Fsp3) is 0.318. The number of nitrogens with one attached hydrogen (secondary N) is 5. The van der Waals surface area contributed by atoms with E-state index in [-0.39, 0.29) is 279 Å². The summed E-state index contributed by atoms with van der Waals surface area (Å²) in [6, 6.07) is 14.7. The van der Waals surface area contributed by atoms with Crippen LogP contribution in [0.3, 0.4) is 0 Å². The zero-order valence-corrected chi connectivity index (χ0v) is 76.7. The molecule has 605 valence electrons. The maximum atomic E-state index is 14.3. The summed E-state index contributed by atoms with van der Waals surface area (Å²) in [5.41, 5.74) is 8.19. The summed E-state index contributed by atoms with van der Waals surface area (Å²) in [6.07, 6.45) is 8.12. The molecule has 0 amide bonds. The Morgan fingerprint density at radius 1 is 0.513 bits per heavy atom. The molecule has 1 aliphatic heterocycles. The van der Waals surface area contributed by atoms with E-state index in [0.717, 1.165) is 36.4 Å². The van der Waals surface area contributed by atoms with E-state index in [4.69, 9.17) is 20.7 Å². The number of sulfonamides is 3. The van der Waals surface area contributed by atoms with Gasteiger partial charge in [0.2, 0.25) is 51.0 Å². The molecular weight excluding hydrogens is 1950 g/mol. The molecular formula is C66H70ClF10K2N21O9S4UV. The van der Waals surface area contributed by atoms with Gasteiger partial charge in [-0.1, -0.05) is 38.6 Å². The SMILES string of the molecule is C.CCS(=O)(=O)Cl.CCS(=O)(=O)NCC(Cc1ncc(-c2nnc(C(F)F)o2)cn1)c1ccc(F)cc1F.CCS(=O)(=O)NCC(Cc1ncc(C2=NN=NC2)cn1)c1ccc(F)cc1F.CCS(=O)(=O)NCC(Nc1ncc(C#N)cn1)c1ccc(F)cc1F.N#Cc1cnc(NC(CN)c2ccc(F)cc2F)nc1.[K].[K].[U].[V]. The van der Waals surface area contributed by atoms with Gasteiger partial charge in [-0.15, -0.1) is 15.3 Å². The molecule has 4 atom stereocenters. The largest absolute Gasteiger partial charge is 0.415 e. The van der Waals surface area contributed by atoms with Crippen LogP contribution in [0.5, 0.6) is 0 Å². The number of halogens is 11. The van der Waals surface area contributed by atoms with Crippen molar-refractivity contribution >= 4 is 170 Å². The van der Waals surface area contributed by atoms with Gasteiger partial charge in [-0.25, -0.2) is 123 Å². The normalized spacial score (nSPS) is 12.5. The summed E-state index contributed by atoms with van der Waals surface area (Å²) >= 11 is 0. The topological polar surface area (TPSA) is 449 Å². The summed E-state index contributed by atoms with van der Waals surface area (Å²) in [6.45, 7) is 5.92. The molecule has 5 aromatic heterocycles. The van der Waals surface area contributed by atoms with Crippen LogP contribution in [0.25, 0.3) is 11.5 Å². The molecule has 4 unspecified atom stereocenters. The molecule has 30 nitrogen and oxygen atoms in total. The van der Waals surface area contributed by atoms with Crippen LogP contribution < -0.4 is 30.5 Å². The molecule has 6 heterocycles. The first-order valence-electron chi connectivity index (χ1n) is 32.1. The predicted molar refractivity (Wildman–Crippen MR) is 398 cm³/mol. The number of hydrogen-bond acceptors (Lipinski definition) is 27. The van der Waals surface area contributed by atoms with Crippen LogP contribution in [0, 0.1) is 100 Å². The number of alkyl halides is 2. The van der Waals surface area contributed by atoms with Crippen LogP contribution in [-0.2, 0) is 70.5 Å². The van der Waals surface area contributed by atoms with Crippen LogP contribution in [0.2, 0.25) is 0 Å².